The molecule has 1 aromatic heterocycles. The summed E-state index contributed by atoms with van der Waals surface area (Å²) in [6, 6.07) is 5.96. The summed E-state index contributed by atoms with van der Waals surface area (Å²) in [4.78, 5) is 67.9. The highest BCUT2D eigenvalue weighted by molar-refractivity contribution is 6.08. The number of carbonyl (C=O) groups is 5. The monoisotopic (exact) mass is 612 g/mol. The first kappa shape index (κ1) is 32.0. The summed E-state index contributed by atoms with van der Waals surface area (Å²) in [5.74, 6) is -2.63. The van der Waals surface area contributed by atoms with Crippen molar-refractivity contribution in [2.24, 2.45) is 11.8 Å². The average Bonchev–Trinajstić information content (AvgIpc) is 3.27. The molecule has 0 radical (unpaired) electrons. The first-order chi connectivity index (χ1) is 20.8. The van der Waals surface area contributed by atoms with Crippen LogP contribution in [0.25, 0.3) is 0 Å². The Labute approximate surface area is 254 Å². The number of anilines is 1. The number of urea groups is 1. The van der Waals surface area contributed by atoms with Gasteiger partial charge in [-0.2, -0.15) is 0 Å². The molecule has 2 unspecified atom stereocenters. The number of benzene rings is 1. The van der Waals surface area contributed by atoms with Crippen LogP contribution in [0.5, 0.6) is 11.5 Å². The van der Waals surface area contributed by atoms with Crippen LogP contribution in [0, 0.1) is 11.8 Å². The molecule has 0 saturated carbocycles. The van der Waals surface area contributed by atoms with E-state index in [0.29, 0.717) is 22.6 Å². The fourth-order valence-corrected chi connectivity index (χ4v) is 4.69. The Balaban J connectivity index is 1.39. The fourth-order valence-electron chi connectivity index (χ4n) is 4.69. The standard InChI is InChI=1S/C30H36N4O10/c1-7-40-27(37)24-20(12-18-10-11-31-23(13-18)33-29(39)42-15-41-26(36)16(2)3)25(35)34(24)28(38)32-17(4)19-8-9-21-22(14-19)44-30(5,6)43-21/h8-11,13-14,16-17,20,24H,7,12,15H2,1-6H3,(H,32,38)(H,31,33,39)/t17?,20-,24?/m1/s1. The van der Waals surface area contributed by atoms with Gasteiger partial charge in [0.1, 0.15) is 5.82 Å². The number of amides is 4. The van der Waals surface area contributed by atoms with E-state index in [1.54, 1.807) is 65.8 Å². The zero-order valence-corrected chi connectivity index (χ0v) is 25.4. The van der Waals surface area contributed by atoms with E-state index in [1.807, 2.05) is 0 Å². The molecule has 14 nitrogen and oxygen atoms in total. The molecule has 2 aliphatic heterocycles. The van der Waals surface area contributed by atoms with Crippen LogP contribution in [0.3, 0.4) is 0 Å². The largest absolute Gasteiger partial charge is 0.464 e. The SMILES string of the molecule is CCOC(=O)C1[C@@H](Cc2ccnc(NC(=O)OCOC(=O)C(C)C)c2)C(=O)N1C(=O)NC(C)c1ccc2c(c1)OC(C)(C)O2. The molecule has 0 spiro atoms. The number of β-lactam (4-membered cyclic amide) rings is 1. The van der Waals surface area contributed by atoms with E-state index in [0.717, 1.165) is 4.90 Å². The molecule has 4 amide bonds. The highest BCUT2D eigenvalue weighted by atomic mass is 16.7. The van der Waals surface area contributed by atoms with E-state index >= 15 is 0 Å². The summed E-state index contributed by atoms with van der Waals surface area (Å²) in [5.41, 5.74) is 1.27. The van der Waals surface area contributed by atoms with Crippen molar-refractivity contribution in [2.75, 3.05) is 18.7 Å². The van der Waals surface area contributed by atoms with Crippen molar-refractivity contribution in [3.05, 3.63) is 47.7 Å². The lowest BCUT2D eigenvalue weighted by atomic mass is 9.82. The molecule has 1 fully saturated rings. The molecular formula is C30H36N4O10. The average molecular weight is 613 g/mol. The number of likely N-dealkylation sites (tertiary alicyclic amines) is 1. The lowest BCUT2D eigenvalue weighted by Gasteiger charge is -2.44. The van der Waals surface area contributed by atoms with Crippen molar-refractivity contribution in [2.45, 2.75) is 65.8 Å². The predicted molar refractivity (Wildman–Crippen MR) is 153 cm³/mol. The lowest BCUT2D eigenvalue weighted by molar-refractivity contribution is -0.169. The number of imide groups is 1. The summed E-state index contributed by atoms with van der Waals surface area (Å²) >= 11 is 0. The van der Waals surface area contributed by atoms with Gasteiger partial charge in [0.25, 0.3) is 0 Å². The van der Waals surface area contributed by atoms with Gasteiger partial charge >= 0.3 is 24.1 Å². The number of rotatable bonds is 10. The third kappa shape index (κ3) is 7.36. The van der Waals surface area contributed by atoms with E-state index in [1.165, 1.54) is 12.3 Å². The van der Waals surface area contributed by atoms with Gasteiger partial charge in [-0.3, -0.25) is 14.9 Å². The number of nitrogens with zero attached hydrogens (tertiary/aromatic N) is 2. The number of carbonyl (C=O) groups excluding carboxylic acids is 5. The van der Waals surface area contributed by atoms with Crippen LogP contribution in [0.2, 0.25) is 0 Å². The predicted octanol–water partition coefficient (Wildman–Crippen LogP) is 3.70. The number of fused-ring (bicyclic) bond motifs is 1. The molecule has 1 saturated heterocycles. The molecule has 2 aliphatic rings. The summed E-state index contributed by atoms with van der Waals surface area (Å²) < 4.78 is 26.3. The van der Waals surface area contributed by atoms with Gasteiger partial charge in [-0.05, 0) is 55.7 Å². The van der Waals surface area contributed by atoms with Crippen LogP contribution in [-0.4, -0.2) is 65.1 Å². The maximum Gasteiger partial charge on any atom is 0.415 e. The molecule has 2 N–H and O–H groups in total. The Bertz CT molecular complexity index is 1440. The van der Waals surface area contributed by atoms with Crippen molar-refractivity contribution in [3.8, 4) is 11.5 Å². The second kappa shape index (κ2) is 13.2. The maximum atomic E-state index is 13.2. The van der Waals surface area contributed by atoms with E-state index < -0.39 is 60.6 Å². The van der Waals surface area contributed by atoms with Crippen LogP contribution in [0.15, 0.2) is 36.5 Å². The highest BCUT2D eigenvalue weighted by Crippen LogP contribution is 2.40. The zero-order chi connectivity index (χ0) is 32.2. The summed E-state index contributed by atoms with van der Waals surface area (Å²) in [6.07, 6.45) is 0.571. The normalized spacial score (nSPS) is 18.6. The Kier molecular flexibility index (Phi) is 9.60. The van der Waals surface area contributed by atoms with Crippen LogP contribution < -0.4 is 20.1 Å². The molecule has 0 bridgehead atoms. The second-order valence-electron chi connectivity index (χ2n) is 11.0. The molecule has 1 aromatic carbocycles. The van der Waals surface area contributed by atoms with E-state index in [-0.39, 0.29) is 24.8 Å². The topological polar surface area (TPSA) is 172 Å². The third-order valence-corrected chi connectivity index (χ3v) is 6.85. The number of hydrogen-bond acceptors (Lipinski definition) is 11. The van der Waals surface area contributed by atoms with E-state index in [4.69, 9.17) is 23.7 Å². The molecule has 4 rings (SSSR count). The Hall–Kier alpha value is -4.88. The van der Waals surface area contributed by atoms with Gasteiger partial charge in [-0.15, -0.1) is 0 Å². The zero-order valence-electron chi connectivity index (χ0n) is 25.4. The van der Waals surface area contributed by atoms with E-state index in [2.05, 4.69) is 15.6 Å². The van der Waals surface area contributed by atoms with Crippen molar-refractivity contribution < 1.29 is 47.7 Å². The summed E-state index contributed by atoms with van der Waals surface area (Å²) in [7, 11) is 0. The van der Waals surface area contributed by atoms with Crippen LogP contribution >= 0.6 is 0 Å². The van der Waals surface area contributed by atoms with Crippen molar-refractivity contribution in [1.29, 1.82) is 0 Å². The first-order valence-corrected chi connectivity index (χ1v) is 14.2. The Morgan fingerprint density at radius 3 is 2.45 bits per heavy atom. The molecule has 44 heavy (non-hydrogen) atoms. The lowest BCUT2D eigenvalue weighted by Crippen LogP contribution is -2.69. The summed E-state index contributed by atoms with van der Waals surface area (Å²) in [5, 5.41) is 5.18. The Morgan fingerprint density at radius 1 is 1.02 bits per heavy atom. The van der Waals surface area contributed by atoms with Crippen LogP contribution in [-0.2, 0) is 35.0 Å². The first-order valence-electron chi connectivity index (χ1n) is 14.2. The van der Waals surface area contributed by atoms with Gasteiger partial charge < -0.3 is 29.0 Å². The molecule has 3 heterocycles. The summed E-state index contributed by atoms with van der Waals surface area (Å²) in [6.45, 7) is 9.72. The number of esters is 2. The molecule has 14 heteroatoms. The minimum atomic E-state index is -1.16. The molecular weight excluding hydrogens is 576 g/mol. The van der Waals surface area contributed by atoms with Gasteiger partial charge in [0.15, 0.2) is 17.5 Å². The Morgan fingerprint density at radius 2 is 1.75 bits per heavy atom. The van der Waals surface area contributed by atoms with Gasteiger partial charge in [0, 0.05) is 20.0 Å². The van der Waals surface area contributed by atoms with Crippen molar-refractivity contribution >= 4 is 35.8 Å². The van der Waals surface area contributed by atoms with E-state index in [9.17, 15) is 24.0 Å². The van der Waals surface area contributed by atoms with Crippen molar-refractivity contribution in [1.82, 2.24) is 15.2 Å². The highest BCUT2D eigenvalue weighted by Gasteiger charge is 2.55. The number of aromatic nitrogens is 1. The number of nitrogens with one attached hydrogen (secondary N) is 2. The van der Waals surface area contributed by atoms with Gasteiger partial charge in [-0.25, -0.2) is 24.3 Å². The molecule has 3 atom stereocenters. The molecule has 0 aliphatic carbocycles. The fraction of sp³-hybridized carbons (Fsp3) is 0.467. The number of ether oxygens (including phenoxy) is 5. The van der Waals surface area contributed by atoms with Crippen LogP contribution in [0.1, 0.15) is 58.7 Å². The van der Waals surface area contributed by atoms with Gasteiger partial charge in [0.05, 0.1) is 24.5 Å². The minimum absolute atomic E-state index is 0.0631. The number of pyridine rings is 1. The third-order valence-electron chi connectivity index (χ3n) is 6.85. The maximum absolute atomic E-state index is 13.2. The quantitative estimate of drug-likeness (QED) is 0.228. The van der Waals surface area contributed by atoms with Gasteiger partial charge in [0.2, 0.25) is 18.5 Å². The molecule has 236 valence electrons. The smallest absolute Gasteiger partial charge is 0.415 e. The minimum Gasteiger partial charge on any atom is -0.464 e. The molecule has 2 aromatic rings. The van der Waals surface area contributed by atoms with Crippen molar-refractivity contribution in [3.63, 3.8) is 0 Å². The second-order valence-corrected chi connectivity index (χ2v) is 11.0. The van der Waals surface area contributed by atoms with Crippen LogP contribution in [0.4, 0.5) is 15.4 Å². The number of hydrogen-bond donors (Lipinski definition) is 2. The van der Waals surface area contributed by atoms with Gasteiger partial charge in [-0.1, -0.05) is 19.9 Å².